The van der Waals surface area contributed by atoms with Gasteiger partial charge in [0, 0.05) is 16.7 Å². The number of benzene rings is 7. The molecule has 3 heteroatoms. The standard InChI is InChI=1S/C39H25N3/c1-3-10-26(11-4-1)29-15-9-16-31(24-29)38-40-37(28-13-5-2-6-14-28)41-39(42-38)32-20-21-34-30(25-32)19-23-35-33-17-8-7-12-27(33)18-22-36(34)35/h1-25H. The molecule has 0 amide bonds. The molecule has 1 aromatic heterocycles. The molecule has 0 saturated heterocycles. The third kappa shape index (κ3) is 4.29. The molecule has 0 fully saturated rings. The first-order valence-corrected chi connectivity index (χ1v) is 14.1. The van der Waals surface area contributed by atoms with Gasteiger partial charge in [-0.2, -0.15) is 0 Å². The lowest BCUT2D eigenvalue weighted by Gasteiger charge is -2.11. The van der Waals surface area contributed by atoms with Gasteiger partial charge in [-0.15, -0.1) is 0 Å². The highest BCUT2D eigenvalue weighted by Crippen LogP contribution is 2.34. The van der Waals surface area contributed by atoms with E-state index in [2.05, 4.69) is 115 Å². The van der Waals surface area contributed by atoms with Crippen LogP contribution in [0.3, 0.4) is 0 Å². The number of hydrogen-bond acceptors (Lipinski definition) is 3. The minimum Gasteiger partial charge on any atom is -0.208 e. The predicted molar refractivity (Wildman–Crippen MR) is 174 cm³/mol. The first-order valence-electron chi connectivity index (χ1n) is 14.1. The molecule has 0 aliphatic rings. The van der Waals surface area contributed by atoms with Gasteiger partial charge in [-0.1, -0.05) is 140 Å². The minimum absolute atomic E-state index is 0.654. The Morgan fingerprint density at radius 3 is 1.50 bits per heavy atom. The van der Waals surface area contributed by atoms with Crippen molar-refractivity contribution in [1.29, 1.82) is 0 Å². The summed E-state index contributed by atoms with van der Waals surface area (Å²) in [5, 5.41) is 7.41. The van der Waals surface area contributed by atoms with Crippen molar-refractivity contribution < 1.29 is 0 Å². The van der Waals surface area contributed by atoms with Crippen LogP contribution in [0, 0.1) is 0 Å². The SMILES string of the molecule is c1ccc(-c2cccc(-c3nc(-c4ccccc4)nc(-c4ccc5c(ccc6c7ccccc7ccc56)c4)n3)c2)cc1. The summed E-state index contributed by atoms with van der Waals surface area (Å²) in [4.78, 5) is 14.9. The van der Waals surface area contributed by atoms with Crippen LogP contribution in [0.1, 0.15) is 0 Å². The zero-order valence-corrected chi connectivity index (χ0v) is 22.8. The Hall–Kier alpha value is -5.67. The molecule has 196 valence electrons. The molecule has 0 N–H and O–H groups in total. The van der Waals surface area contributed by atoms with E-state index < -0.39 is 0 Å². The highest BCUT2D eigenvalue weighted by molar-refractivity contribution is 6.17. The number of nitrogens with zero attached hydrogens (tertiary/aromatic N) is 3. The lowest BCUT2D eigenvalue weighted by atomic mass is 9.96. The van der Waals surface area contributed by atoms with Gasteiger partial charge < -0.3 is 0 Å². The molecule has 0 unspecified atom stereocenters. The van der Waals surface area contributed by atoms with E-state index in [0.717, 1.165) is 33.2 Å². The predicted octanol–water partition coefficient (Wildman–Crippen LogP) is 10.00. The molecule has 0 radical (unpaired) electrons. The maximum atomic E-state index is 5.02. The van der Waals surface area contributed by atoms with Crippen LogP contribution in [-0.2, 0) is 0 Å². The van der Waals surface area contributed by atoms with Gasteiger partial charge in [-0.25, -0.2) is 15.0 Å². The maximum Gasteiger partial charge on any atom is 0.164 e. The number of aromatic nitrogens is 3. The summed E-state index contributed by atoms with van der Waals surface area (Å²) in [5.41, 5.74) is 5.16. The van der Waals surface area contributed by atoms with Crippen LogP contribution in [-0.4, -0.2) is 15.0 Å². The molecule has 0 aliphatic heterocycles. The topological polar surface area (TPSA) is 38.7 Å². The number of rotatable bonds is 4. The van der Waals surface area contributed by atoms with E-state index in [-0.39, 0.29) is 0 Å². The highest BCUT2D eigenvalue weighted by Gasteiger charge is 2.14. The molecule has 42 heavy (non-hydrogen) atoms. The molecular formula is C39H25N3. The van der Waals surface area contributed by atoms with Crippen molar-refractivity contribution >= 4 is 32.3 Å². The van der Waals surface area contributed by atoms with Gasteiger partial charge in [0.15, 0.2) is 17.5 Å². The summed E-state index contributed by atoms with van der Waals surface area (Å²) in [6.45, 7) is 0. The van der Waals surface area contributed by atoms with E-state index in [1.807, 2.05) is 36.4 Å². The highest BCUT2D eigenvalue weighted by atomic mass is 15.0. The van der Waals surface area contributed by atoms with Gasteiger partial charge in [0.05, 0.1) is 0 Å². The molecule has 0 atom stereocenters. The van der Waals surface area contributed by atoms with Crippen molar-refractivity contribution in [3.63, 3.8) is 0 Å². The Morgan fingerprint density at radius 1 is 0.262 bits per heavy atom. The third-order valence-corrected chi connectivity index (χ3v) is 7.90. The van der Waals surface area contributed by atoms with Gasteiger partial charge in [0.2, 0.25) is 0 Å². The number of hydrogen-bond donors (Lipinski definition) is 0. The van der Waals surface area contributed by atoms with E-state index in [1.54, 1.807) is 0 Å². The van der Waals surface area contributed by atoms with Crippen LogP contribution < -0.4 is 0 Å². The van der Waals surface area contributed by atoms with Gasteiger partial charge in [0.1, 0.15) is 0 Å². The van der Waals surface area contributed by atoms with Gasteiger partial charge >= 0.3 is 0 Å². The molecule has 3 nitrogen and oxygen atoms in total. The fraction of sp³-hybridized carbons (Fsp3) is 0. The van der Waals surface area contributed by atoms with Crippen molar-refractivity contribution in [3.05, 3.63) is 152 Å². The van der Waals surface area contributed by atoms with E-state index in [9.17, 15) is 0 Å². The van der Waals surface area contributed by atoms with Gasteiger partial charge in [-0.3, -0.25) is 0 Å². The summed E-state index contributed by atoms with van der Waals surface area (Å²) in [6, 6.07) is 52.9. The minimum atomic E-state index is 0.654. The molecule has 7 aromatic carbocycles. The van der Waals surface area contributed by atoms with Crippen LogP contribution in [0.15, 0.2) is 152 Å². The monoisotopic (exact) mass is 535 g/mol. The fourth-order valence-electron chi connectivity index (χ4n) is 5.79. The summed E-state index contributed by atoms with van der Waals surface area (Å²) < 4.78 is 0. The molecule has 8 rings (SSSR count). The zero-order chi connectivity index (χ0) is 27.9. The molecule has 0 saturated carbocycles. The van der Waals surface area contributed by atoms with Crippen LogP contribution in [0.5, 0.6) is 0 Å². The molecule has 0 bridgehead atoms. The second kappa shape index (κ2) is 10.1. The van der Waals surface area contributed by atoms with Crippen molar-refractivity contribution in [2.24, 2.45) is 0 Å². The summed E-state index contributed by atoms with van der Waals surface area (Å²) in [7, 11) is 0. The normalized spacial score (nSPS) is 11.3. The first kappa shape index (κ1) is 24.2. The molecule has 0 aliphatic carbocycles. The van der Waals surface area contributed by atoms with Gasteiger partial charge in [-0.05, 0) is 55.6 Å². The van der Waals surface area contributed by atoms with Crippen molar-refractivity contribution in [1.82, 2.24) is 15.0 Å². The lowest BCUT2D eigenvalue weighted by Crippen LogP contribution is -2.00. The fourth-order valence-corrected chi connectivity index (χ4v) is 5.79. The second-order valence-corrected chi connectivity index (χ2v) is 10.5. The Labute approximate surface area is 243 Å². The molecular weight excluding hydrogens is 510 g/mol. The maximum absolute atomic E-state index is 5.02. The average Bonchev–Trinajstić information content (AvgIpc) is 3.08. The van der Waals surface area contributed by atoms with E-state index in [4.69, 9.17) is 15.0 Å². The Balaban J connectivity index is 1.29. The van der Waals surface area contributed by atoms with E-state index in [1.165, 1.54) is 26.9 Å². The van der Waals surface area contributed by atoms with E-state index >= 15 is 0 Å². The first-order chi connectivity index (χ1) is 20.8. The van der Waals surface area contributed by atoms with Crippen LogP contribution in [0.2, 0.25) is 0 Å². The zero-order valence-electron chi connectivity index (χ0n) is 22.8. The number of fused-ring (bicyclic) bond motifs is 5. The molecule has 0 spiro atoms. The Morgan fingerprint density at radius 2 is 0.762 bits per heavy atom. The van der Waals surface area contributed by atoms with Crippen molar-refractivity contribution in [3.8, 4) is 45.3 Å². The second-order valence-electron chi connectivity index (χ2n) is 10.5. The summed E-state index contributed by atoms with van der Waals surface area (Å²) in [5.74, 6) is 1.97. The molecule has 1 heterocycles. The summed E-state index contributed by atoms with van der Waals surface area (Å²) in [6.07, 6.45) is 0. The Kier molecular flexibility index (Phi) is 5.79. The van der Waals surface area contributed by atoms with E-state index in [0.29, 0.717) is 17.5 Å². The van der Waals surface area contributed by atoms with Crippen LogP contribution in [0.25, 0.3) is 77.6 Å². The molecule has 8 aromatic rings. The average molecular weight is 536 g/mol. The largest absolute Gasteiger partial charge is 0.208 e. The van der Waals surface area contributed by atoms with Crippen LogP contribution in [0.4, 0.5) is 0 Å². The quantitative estimate of drug-likeness (QED) is 0.211. The third-order valence-electron chi connectivity index (χ3n) is 7.90. The van der Waals surface area contributed by atoms with Gasteiger partial charge in [0.25, 0.3) is 0 Å². The van der Waals surface area contributed by atoms with Crippen molar-refractivity contribution in [2.45, 2.75) is 0 Å². The smallest absolute Gasteiger partial charge is 0.164 e. The van der Waals surface area contributed by atoms with Crippen LogP contribution >= 0.6 is 0 Å². The Bertz CT molecular complexity index is 2240. The van der Waals surface area contributed by atoms with Crippen molar-refractivity contribution in [2.75, 3.05) is 0 Å². The summed E-state index contributed by atoms with van der Waals surface area (Å²) >= 11 is 0. The lowest BCUT2D eigenvalue weighted by molar-refractivity contribution is 1.07.